The van der Waals surface area contributed by atoms with Crippen molar-refractivity contribution in [1.29, 1.82) is 0 Å². The van der Waals surface area contributed by atoms with Crippen molar-refractivity contribution in [3.8, 4) is 16.9 Å². The molecule has 1 N–H and O–H groups in total. The minimum absolute atomic E-state index is 0.146. The molecule has 0 saturated heterocycles. The standard InChI is InChI=1S/C21H18FN3O2S/c1-28-19-5-3-2-4-17(19)21(26)25-11-16-7-13-6-15(22)8-18(20(13)27-16)14-9-23-12-24-10-14/h2-6,8-10,12,16H,7,11H2,1H3,(H,25,26). The molecule has 7 heteroatoms. The molecule has 5 nitrogen and oxygen atoms in total. The predicted molar refractivity (Wildman–Crippen MR) is 106 cm³/mol. The third-order valence-corrected chi connectivity index (χ3v) is 5.37. The topological polar surface area (TPSA) is 64.1 Å². The van der Waals surface area contributed by atoms with Gasteiger partial charge in [-0.05, 0) is 30.5 Å². The largest absolute Gasteiger partial charge is 0.487 e. The molecule has 28 heavy (non-hydrogen) atoms. The van der Waals surface area contributed by atoms with Crippen molar-refractivity contribution in [1.82, 2.24) is 15.3 Å². The molecule has 0 bridgehead atoms. The molecule has 3 aromatic rings. The van der Waals surface area contributed by atoms with E-state index in [0.29, 0.717) is 35.4 Å². The van der Waals surface area contributed by atoms with Gasteiger partial charge in [0.1, 0.15) is 24.0 Å². The Hall–Kier alpha value is -2.93. The maximum Gasteiger partial charge on any atom is 0.252 e. The maximum absolute atomic E-state index is 14.1. The third-order valence-electron chi connectivity index (χ3n) is 4.58. The number of hydrogen-bond acceptors (Lipinski definition) is 5. The SMILES string of the molecule is CSc1ccccc1C(=O)NCC1Cc2cc(F)cc(-c3cncnc3)c2O1. The first-order valence-corrected chi connectivity index (χ1v) is 10.0. The number of halogens is 1. The summed E-state index contributed by atoms with van der Waals surface area (Å²) in [5.74, 6) is 0.145. The zero-order valence-corrected chi connectivity index (χ0v) is 16.0. The van der Waals surface area contributed by atoms with E-state index < -0.39 is 0 Å². The van der Waals surface area contributed by atoms with Gasteiger partial charge in [-0.2, -0.15) is 0 Å². The summed E-state index contributed by atoms with van der Waals surface area (Å²) in [6.45, 7) is 0.336. The van der Waals surface area contributed by atoms with Crippen LogP contribution >= 0.6 is 11.8 Å². The Balaban J connectivity index is 1.49. The Morgan fingerprint density at radius 1 is 1.29 bits per heavy atom. The Labute approximate surface area is 166 Å². The lowest BCUT2D eigenvalue weighted by Gasteiger charge is -2.14. The van der Waals surface area contributed by atoms with E-state index in [1.807, 2.05) is 24.5 Å². The lowest BCUT2D eigenvalue weighted by atomic mass is 10.0. The lowest BCUT2D eigenvalue weighted by molar-refractivity contribution is 0.0930. The average molecular weight is 395 g/mol. The van der Waals surface area contributed by atoms with Crippen molar-refractivity contribution in [2.24, 2.45) is 0 Å². The van der Waals surface area contributed by atoms with Crippen molar-refractivity contribution >= 4 is 17.7 Å². The molecule has 1 aliphatic heterocycles. The predicted octanol–water partition coefficient (Wildman–Crippen LogP) is 3.74. The second-order valence-corrected chi connectivity index (χ2v) is 7.27. The Morgan fingerprint density at radius 3 is 2.86 bits per heavy atom. The average Bonchev–Trinajstić information content (AvgIpc) is 3.14. The highest BCUT2D eigenvalue weighted by molar-refractivity contribution is 7.98. The van der Waals surface area contributed by atoms with E-state index in [9.17, 15) is 9.18 Å². The van der Waals surface area contributed by atoms with E-state index >= 15 is 0 Å². The van der Waals surface area contributed by atoms with Gasteiger partial charge in [-0.25, -0.2) is 14.4 Å². The lowest BCUT2D eigenvalue weighted by Crippen LogP contribution is -2.34. The number of carbonyl (C=O) groups is 1. The smallest absolute Gasteiger partial charge is 0.252 e. The maximum atomic E-state index is 14.1. The number of aromatic nitrogens is 2. The third kappa shape index (κ3) is 3.71. The van der Waals surface area contributed by atoms with E-state index in [1.165, 1.54) is 30.2 Å². The molecule has 4 rings (SSSR count). The molecule has 0 aliphatic carbocycles. The van der Waals surface area contributed by atoms with Crippen LogP contribution < -0.4 is 10.1 Å². The molecule has 1 amide bonds. The van der Waals surface area contributed by atoms with Crippen LogP contribution in [0.1, 0.15) is 15.9 Å². The van der Waals surface area contributed by atoms with Crippen LogP contribution in [0.4, 0.5) is 4.39 Å². The summed E-state index contributed by atoms with van der Waals surface area (Å²) in [6, 6.07) is 10.4. The zero-order chi connectivity index (χ0) is 19.5. The highest BCUT2D eigenvalue weighted by atomic mass is 32.2. The molecule has 142 valence electrons. The van der Waals surface area contributed by atoms with Crippen molar-refractivity contribution in [3.63, 3.8) is 0 Å². The number of carbonyl (C=O) groups excluding carboxylic acids is 1. The Kier molecular flexibility index (Phi) is 5.25. The Morgan fingerprint density at radius 2 is 2.07 bits per heavy atom. The summed E-state index contributed by atoms with van der Waals surface area (Å²) >= 11 is 1.53. The fourth-order valence-electron chi connectivity index (χ4n) is 3.29. The van der Waals surface area contributed by atoms with E-state index in [0.717, 1.165) is 10.5 Å². The van der Waals surface area contributed by atoms with Crippen LogP contribution in [0.3, 0.4) is 0 Å². The van der Waals surface area contributed by atoms with E-state index in [2.05, 4.69) is 15.3 Å². The number of amides is 1. The van der Waals surface area contributed by atoms with Crippen LogP contribution in [0.5, 0.6) is 5.75 Å². The molecule has 1 aromatic heterocycles. The molecule has 0 saturated carbocycles. The molecular weight excluding hydrogens is 377 g/mol. The van der Waals surface area contributed by atoms with Gasteiger partial charge in [-0.3, -0.25) is 4.79 Å². The number of nitrogens with one attached hydrogen (secondary N) is 1. The van der Waals surface area contributed by atoms with Gasteiger partial charge in [-0.15, -0.1) is 11.8 Å². The highest BCUT2D eigenvalue weighted by Gasteiger charge is 2.27. The number of thioether (sulfide) groups is 1. The van der Waals surface area contributed by atoms with Gasteiger partial charge in [0.15, 0.2) is 0 Å². The molecule has 0 radical (unpaired) electrons. The van der Waals surface area contributed by atoms with Crippen molar-refractivity contribution in [2.45, 2.75) is 17.4 Å². The van der Waals surface area contributed by atoms with Crippen LogP contribution in [-0.4, -0.2) is 34.8 Å². The summed E-state index contributed by atoms with van der Waals surface area (Å²) in [6.07, 6.45) is 6.88. The van der Waals surface area contributed by atoms with Gasteiger partial charge in [-0.1, -0.05) is 12.1 Å². The van der Waals surface area contributed by atoms with E-state index in [-0.39, 0.29) is 17.8 Å². The van der Waals surface area contributed by atoms with Crippen LogP contribution in [0.2, 0.25) is 0 Å². The summed E-state index contributed by atoms with van der Waals surface area (Å²) in [7, 11) is 0. The highest BCUT2D eigenvalue weighted by Crippen LogP contribution is 2.39. The fourth-order valence-corrected chi connectivity index (χ4v) is 3.89. The summed E-state index contributed by atoms with van der Waals surface area (Å²) < 4.78 is 20.1. The first-order chi connectivity index (χ1) is 13.7. The molecular formula is C21H18FN3O2S. The van der Waals surface area contributed by atoms with Crippen LogP contribution in [0.25, 0.3) is 11.1 Å². The van der Waals surface area contributed by atoms with Crippen LogP contribution in [0, 0.1) is 5.82 Å². The molecule has 1 unspecified atom stereocenters. The molecule has 1 aliphatic rings. The molecule has 0 fully saturated rings. The molecule has 2 heterocycles. The van der Waals surface area contributed by atoms with Crippen molar-refractivity contribution in [2.75, 3.05) is 12.8 Å². The summed E-state index contributed by atoms with van der Waals surface area (Å²) in [5, 5.41) is 2.93. The van der Waals surface area contributed by atoms with Gasteiger partial charge < -0.3 is 10.1 Å². The first-order valence-electron chi connectivity index (χ1n) is 8.81. The quantitative estimate of drug-likeness (QED) is 0.667. The first kappa shape index (κ1) is 18.4. The second-order valence-electron chi connectivity index (χ2n) is 6.42. The van der Waals surface area contributed by atoms with Gasteiger partial charge in [0.25, 0.3) is 5.91 Å². The van der Waals surface area contributed by atoms with Gasteiger partial charge >= 0.3 is 0 Å². The number of hydrogen-bond donors (Lipinski definition) is 1. The van der Waals surface area contributed by atoms with Gasteiger partial charge in [0, 0.05) is 40.4 Å². The normalized spacial score (nSPS) is 15.0. The van der Waals surface area contributed by atoms with Gasteiger partial charge in [0.2, 0.25) is 0 Å². The van der Waals surface area contributed by atoms with Crippen molar-refractivity contribution < 1.29 is 13.9 Å². The van der Waals surface area contributed by atoms with Gasteiger partial charge in [0.05, 0.1) is 12.1 Å². The number of fused-ring (bicyclic) bond motifs is 1. The number of ether oxygens (including phenoxy) is 1. The monoisotopic (exact) mass is 395 g/mol. The number of benzene rings is 2. The molecule has 0 spiro atoms. The minimum atomic E-state index is -0.334. The zero-order valence-electron chi connectivity index (χ0n) is 15.2. The number of nitrogens with zero attached hydrogens (tertiary/aromatic N) is 2. The Bertz CT molecular complexity index is 1010. The fraction of sp³-hybridized carbons (Fsp3) is 0.190. The van der Waals surface area contributed by atoms with Crippen molar-refractivity contribution in [3.05, 3.63) is 72.1 Å². The number of rotatable bonds is 5. The second kappa shape index (κ2) is 7.98. The summed E-state index contributed by atoms with van der Waals surface area (Å²) in [4.78, 5) is 21.5. The van der Waals surface area contributed by atoms with E-state index in [1.54, 1.807) is 18.5 Å². The van der Waals surface area contributed by atoms with E-state index in [4.69, 9.17) is 4.74 Å². The minimum Gasteiger partial charge on any atom is -0.487 e. The molecule has 2 aromatic carbocycles. The van der Waals surface area contributed by atoms with Crippen LogP contribution in [-0.2, 0) is 6.42 Å². The van der Waals surface area contributed by atoms with Crippen LogP contribution in [0.15, 0.2) is 60.0 Å². The summed E-state index contributed by atoms with van der Waals surface area (Å²) in [5.41, 5.74) is 2.73. The molecule has 1 atom stereocenters.